The van der Waals surface area contributed by atoms with Crippen LogP contribution in [0.2, 0.25) is 0 Å². The third-order valence-electron chi connectivity index (χ3n) is 2.63. The van der Waals surface area contributed by atoms with Gasteiger partial charge in [0.2, 0.25) is 0 Å². The summed E-state index contributed by atoms with van der Waals surface area (Å²) in [6, 6.07) is 5.70. The number of carbonyl (C=O) groups is 1. The molecule has 0 unspecified atom stereocenters. The molecule has 0 aliphatic rings. The van der Waals surface area contributed by atoms with Crippen LogP contribution in [-0.2, 0) is 0 Å². The average molecular weight is 296 g/mol. The zero-order chi connectivity index (χ0) is 12.3. The van der Waals surface area contributed by atoms with Crippen LogP contribution in [0.15, 0.2) is 30.6 Å². The molecule has 0 saturated heterocycles. The molecular formula is C12H14BrN3O. The summed E-state index contributed by atoms with van der Waals surface area (Å²) in [6.07, 6.45) is 4.41. The first kappa shape index (κ1) is 12.1. The predicted molar refractivity (Wildman–Crippen MR) is 70.6 cm³/mol. The lowest BCUT2D eigenvalue weighted by atomic mass is 10.2. The maximum Gasteiger partial charge on any atom is 0.257 e. The van der Waals surface area contributed by atoms with Gasteiger partial charge in [0.05, 0.1) is 17.3 Å². The SMILES string of the molecule is CN(CCCBr)C(=O)c1cnn2ccccc12. The van der Waals surface area contributed by atoms with Gasteiger partial charge in [0.25, 0.3) is 5.91 Å². The van der Waals surface area contributed by atoms with Gasteiger partial charge >= 0.3 is 0 Å². The minimum absolute atomic E-state index is 0.0205. The van der Waals surface area contributed by atoms with Gasteiger partial charge in [0.1, 0.15) is 0 Å². The Kier molecular flexibility index (Phi) is 3.78. The van der Waals surface area contributed by atoms with E-state index >= 15 is 0 Å². The molecule has 0 N–H and O–H groups in total. The number of hydrogen-bond donors (Lipinski definition) is 0. The van der Waals surface area contributed by atoms with Crippen LogP contribution in [-0.4, -0.2) is 39.3 Å². The van der Waals surface area contributed by atoms with E-state index in [1.165, 1.54) is 0 Å². The first-order valence-corrected chi connectivity index (χ1v) is 6.60. The summed E-state index contributed by atoms with van der Waals surface area (Å²) in [7, 11) is 1.82. The van der Waals surface area contributed by atoms with E-state index in [0.29, 0.717) is 5.56 Å². The molecule has 0 fully saturated rings. The normalized spacial score (nSPS) is 10.7. The van der Waals surface area contributed by atoms with Crippen LogP contribution in [0.5, 0.6) is 0 Å². The Bertz CT molecular complexity index is 523. The highest BCUT2D eigenvalue weighted by atomic mass is 79.9. The van der Waals surface area contributed by atoms with Crippen molar-refractivity contribution in [3.63, 3.8) is 0 Å². The van der Waals surface area contributed by atoms with Gasteiger partial charge in [-0.2, -0.15) is 5.10 Å². The van der Waals surface area contributed by atoms with Gasteiger partial charge in [-0.15, -0.1) is 0 Å². The van der Waals surface area contributed by atoms with Crippen molar-refractivity contribution < 1.29 is 4.79 Å². The number of fused-ring (bicyclic) bond motifs is 1. The molecular weight excluding hydrogens is 282 g/mol. The Morgan fingerprint density at radius 3 is 3.12 bits per heavy atom. The summed E-state index contributed by atoms with van der Waals surface area (Å²) in [5.41, 5.74) is 1.51. The molecule has 4 nitrogen and oxygen atoms in total. The Balaban J connectivity index is 2.24. The third kappa shape index (κ3) is 2.49. The topological polar surface area (TPSA) is 37.6 Å². The van der Waals surface area contributed by atoms with Crippen LogP contribution >= 0.6 is 15.9 Å². The summed E-state index contributed by atoms with van der Waals surface area (Å²) in [5, 5.41) is 5.06. The van der Waals surface area contributed by atoms with Crippen molar-refractivity contribution in [1.82, 2.24) is 14.5 Å². The highest BCUT2D eigenvalue weighted by molar-refractivity contribution is 9.09. The molecule has 0 bridgehead atoms. The number of carbonyl (C=O) groups excluding carboxylic acids is 1. The smallest absolute Gasteiger partial charge is 0.257 e. The van der Waals surface area contributed by atoms with Crippen LogP contribution < -0.4 is 0 Å². The fraction of sp³-hybridized carbons (Fsp3) is 0.333. The number of amides is 1. The molecule has 0 aliphatic carbocycles. The lowest BCUT2D eigenvalue weighted by molar-refractivity contribution is 0.0797. The molecule has 0 aromatic carbocycles. The highest BCUT2D eigenvalue weighted by Crippen LogP contribution is 2.12. The van der Waals surface area contributed by atoms with E-state index in [9.17, 15) is 4.79 Å². The average Bonchev–Trinajstić information content (AvgIpc) is 2.78. The number of nitrogens with zero attached hydrogens (tertiary/aromatic N) is 3. The van der Waals surface area contributed by atoms with Crippen LogP contribution in [0.25, 0.3) is 5.52 Å². The van der Waals surface area contributed by atoms with E-state index in [-0.39, 0.29) is 5.91 Å². The first-order chi connectivity index (χ1) is 8.24. The lowest BCUT2D eigenvalue weighted by Gasteiger charge is -2.15. The van der Waals surface area contributed by atoms with Crippen molar-refractivity contribution in [3.05, 3.63) is 36.2 Å². The van der Waals surface area contributed by atoms with E-state index in [2.05, 4.69) is 21.0 Å². The summed E-state index contributed by atoms with van der Waals surface area (Å²) >= 11 is 3.36. The second-order valence-corrected chi connectivity index (χ2v) is 4.65. The quantitative estimate of drug-likeness (QED) is 0.811. The summed E-state index contributed by atoms with van der Waals surface area (Å²) in [4.78, 5) is 13.9. The lowest BCUT2D eigenvalue weighted by Crippen LogP contribution is -2.27. The molecule has 0 spiro atoms. The Morgan fingerprint density at radius 1 is 1.53 bits per heavy atom. The van der Waals surface area contributed by atoms with Gasteiger partial charge in [0, 0.05) is 25.1 Å². The first-order valence-electron chi connectivity index (χ1n) is 5.48. The second-order valence-electron chi connectivity index (χ2n) is 3.86. The van der Waals surface area contributed by atoms with Crippen LogP contribution in [0.4, 0.5) is 0 Å². The molecule has 2 rings (SSSR count). The summed E-state index contributed by atoms with van der Waals surface area (Å²) < 4.78 is 1.71. The molecule has 90 valence electrons. The van der Waals surface area contributed by atoms with Crippen molar-refractivity contribution >= 4 is 27.4 Å². The molecule has 0 aliphatic heterocycles. The van der Waals surface area contributed by atoms with Gasteiger partial charge in [0.15, 0.2) is 0 Å². The van der Waals surface area contributed by atoms with E-state index in [1.807, 2.05) is 31.4 Å². The van der Waals surface area contributed by atoms with E-state index in [1.54, 1.807) is 15.6 Å². The molecule has 2 aromatic heterocycles. The number of pyridine rings is 1. The maximum atomic E-state index is 12.2. The number of alkyl halides is 1. The van der Waals surface area contributed by atoms with E-state index in [0.717, 1.165) is 23.8 Å². The minimum atomic E-state index is 0.0205. The van der Waals surface area contributed by atoms with Crippen molar-refractivity contribution in [2.75, 3.05) is 18.9 Å². The van der Waals surface area contributed by atoms with Crippen LogP contribution in [0.3, 0.4) is 0 Å². The van der Waals surface area contributed by atoms with E-state index in [4.69, 9.17) is 0 Å². The third-order valence-corrected chi connectivity index (χ3v) is 3.19. The number of halogens is 1. The molecule has 2 aromatic rings. The van der Waals surface area contributed by atoms with Gasteiger partial charge in [-0.05, 0) is 18.6 Å². The van der Waals surface area contributed by atoms with Gasteiger partial charge in [-0.25, -0.2) is 4.52 Å². The van der Waals surface area contributed by atoms with Crippen molar-refractivity contribution in [3.8, 4) is 0 Å². The molecule has 5 heteroatoms. The molecule has 0 atom stereocenters. The monoisotopic (exact) mass is 295 g/mol. The molecule has 0 saturated carbocycles. The van der Waals surface area contributed by atoms with Crippen molar-refractivity contribution in [2.45, 2.75) is 6.42 Å². The molecule has 17 heavy (non-hydrogen) atoms. The van der Waals surface area contributed by atoms with Crippen LogP contribution in [0, 0.1) is 0 Å². The van der Waals surface area contributed by atoms with Gasteiger partial charge < -0.3 is 4.90 Å². The van der Waals surface area contributed by atoms with Crippen molar-refractivity contribution in [2.24, 2.45) is 0 Å². The number of rotatable bonds is 4. The second kappa shape index (κ2) is 5.31. The van der Waals surface area contributed by atoms with Gasteiger partial charge in [-0.3, -0.25) is 4.79 Å². The minimum Gasteiger partial charge on any atom is -0.342 e. The maximum absolute atomic E-state index is 12.2. The fourth-order valence-electron chi connectivity index (χ4n) is 1.70. The fourth-order valence-corrected chi connectivity index (χ4v) is 1.95. The zero-order valence-electron chi connectivity index (χ0n) is 9.64. The summed E-state index contributed by atoms with van der Waals surface area (Å²) in [5.74, 6) is 0.0205. The highest BCUT2D eigenvalue weighted by Gasteiger charge is 2.15. The number of hydrogen-bond acceptors (Lipinski definition) is 2. The Morgan fingerprint density at radius 2 is 2.35 bits per heavy atom. The van der Waals surface area contributed by atoms with Crippen molar-refractivity contribution in [1.29, 1.82) is 0 Å². The predicted octanol–water partition coefficient (Wildman–Crippen LogP) is 2.19. The van der Waals surface area contributed by atoms with Crippen LogP contribution in [0.1, 0.15) is 16.8 Å². The Labute approximate surface area is 108 Å². The zero-order valence-corrected chi connectivity index (χ0v) is 11.2. The number of aromatic nitrogens is 2. The summed E-state index contributed by atoms with van der Waals surface area (Å²) in [6.45, 7) is 0.744. The largest absolute Gasteiger partial charge is 0.342 e. The van der Waals surface area contributed by atoms with E-state index < -0.39 is 0 Å². The Hall–Kier alpha value is -1.36. The molecule has 2 heterocycles. The van der Waals surface area contributed by atoms with Gasteiger partial charge in [-0.1, -0.05) is 22.0 Å². The molecule has 0 radical (unpaired) electrons. The standard InChI is InChI=1S/C12H14BrN3O/c1-15(7-4-6-13)12(17)10-9-14-16-8-3-2-5-11(10)16/h2-3,5,8-9H,4,6-7H2,1H3. The molecule has 1 amide bonds.